The Balaban J connectivity index is 2.62. The molecular formula is C14H14O. The van der Waals surface area contributed by atoms with Crippen LogP contribution < -0.4 is 0 Å². The zero-order valence-corrected chi connectivity index (χ0v) is 8.86. The van der Waals surface area contributed by atoms with Crippen LogP contribution in [-0.2, 0) is 4.74 Å². The molecule has 0 saturated heterocycles. The summed E-state index contributed by atoms with van der Waals surface area (Å²) in [5.41, 5.74) is 2.38. The van der Waals surface area contributed by atoms with E-state index in [4.69, 9.17) is 11.2 Å². The van der Waals surface area contributed by atoms with Gasteiger partial charge >= 0.3 is 0 Å². The van der Waals surface area contributed by atoms with Crippen molar-refractivity contribution in [2.24, 2.45) is 0 Å². The van der Waals surface area contributed by atoms with E-state index in [2.05, 4.69) is 25.5 Å². The number of hydrogen-bond acceptors (Lipinski definition) is 1. The number of benzene rings is 1. The lowest BCUT2D eigenvalue weighted by molar-refractivity contribution is 0.270. The molecule has 76 valence electrons. The Kier molecular flexibility index (Phi) is 4.25. The predicted octanol–water partition coefficient (Wildman–Crippen LogP) is 3.17. The second-order valence-corrected chi connectivity index (χ2v) is 3.15. The molecule has 0 aliphatic carbocycles. The van der Waals surface area contributed by atoms with Gasteiger partial charge in [-0.3, -0.25) is 0 Å². The molecule has 0 radical (unpaired) electrons. The van der Waals surface area contributed by atoms with Crippen molar-refractivity contribution >= 4 is 6.08 Å². The van der Waals surface area contributed by atoms with Crippen LogP contribution in [0.2, 0.25) is 0 Å². The average molecular weight is 198 g/mol. The number of ether oxygens (including phenoxy) is 1. The minimum Gasteiger partial charge on any atom is -0.482 e. The first kappa shape index (κ1) is 11.1. The molecule has 0 amide bonds. The maximum Gasteiger partial charge on any atom is 0.148 e. The third-order valence-electron chi connectivity index (χ3n) is 1.98. The second-order valence-electron chi connectivity index (χ2n) is 3.15. The molecule has 0 aliphatic rings. The van der Waals surface area contributed by atoms with Gasteiger partial charge in [-0.15, -0.1) is 6.42 Å². The molecule has 0 aliphatic heterocycles. The van der Waals surface area contributed by atoms with Crippen LogP contribution in [-0.4, -0.2) is 6.61 Å². The minimum atomic E-state index is 0.261. The van der Waals surface area contributed by atoms with Crippen LogP contribution in [0.1, 0.15) is 11.1 Å². The van der Waals surface area contributed by atoms with Gasteiger partial charge in [-0.1, -0.05) is 42.8 Å². The largest absolute Gasteiger partial charge is 0.482 e. The van der Waals surface area contributed by atoms with Gasteiger partial charge in [0.1, 0.15) is 12.4 Å². The molecule has 1 nitrogen and oxygen atoms in total. The first-order chi connectivity index (χ1) is 7.24. The summed E-state index contributed by atoms with van der Waals surface area (Å²) in [6.45, 7) is 6.05. The first-order valence-corrected chi connectivity index (χ1v) is 4.73. The Morgan fingerprint density at radius 2 is 2.27 bits per heavy atom. The SMILES string of the molecule is C#CCOC(=C)/C=C\c1ccccc1C. The molecule has 0 fully saturated rings. The summed E-state index contributed by atoms with van der Waals surface area (Å²) in [5, 5.41) is 0. The Morgan fingerprint density at radius 1 is 1.53 bits per heavy atom. The molecule has 0 saturated carbocycles. The molecule has 1 heteroatoms. The fourth-order valence-corrected chi connectivity index (χ4v) is 1.14. The Morgan fingerprint density at radius 3 is 2.93 bits per heavy atom. The molecule has 0 heterocycles. The van der Waals surface area contributed by atoms with E-state index in [0.29, 0.717) is 5.76 Å². The lowest BCUT2D eigenvalue weighted by Gasteiger charge is -2.01. The zero-order chi connectivity index (χ0) is 11.1. The fourth-order valence-electron chi connectivity index (χ4n) is 1.14. The highest BCUT2D eigenvalue weighted by Gasteiger charge is 1.91. The van der Waals surface area contributed by atoms with Crippen molar-refractivity contribution in [1.29, 1.82) is 0 Å². The van der Waals surface area contributed by atoms with Crippen LogP contribution in [0.15, 0.2) is 42.7 Å². The first-order valence-electron chi connectivity index (χ1n) is 4.73. The van der Waals surface area contributed by atoms with E-state index in [1.807, 2.05) is 30.4 Å². The highest BCUT2D eigenvalue weighted by Crippen LogP contribution is 2.10. The average Bonchev–Trinajstić information content (AvgIpc) is 2.25. The van der Waals surface area contributed by atoms with Gasteiger partial charge in [0.25, 0.3) is 0 Å². The van der Waals surface area contributed by atoms with Crippen LogP contribution >= 0.6 is 0 Å². The van der Waals surface area contributed by atoms with Crippen LogP contribution in [0.4, 0.5) is 0 Å². The summed E-state index contributed by atoms with van der Waals surface area (Å²) in [7, 11) is 0. The zero-order valence-electron chi connectivity index (χ0n) is 8.86. The molecule has 0 spiro atoms. The summed E-state index contributed by atoms with van der Waals surface area (Å²) < 4.78 is 5.14. The number of rotatable bonds is 4. The van der Waals surface area contributed by atoms with Gasteiger partial charge in [-0.25, -0.2) is 0 Å². The quantitative estimate of drug-likeness (QED) is 0.410. The lowest BCUT2D eigenvalue weighted by atomic mass is 10.1. The predicted molar refractivity (Wildman–Crippen MR) is 64.1 cm³/mol. The van der Waals surface area contributed by atoms with Crippen molar-refractivity contribution in [3.8, 4) is 12.3 Å². The van der Waals surface area contributed by atoms with Crippen LogP contribution in [0, 0.1) is 19.3 Å². The van der Waals surface area contributed by atoms with E-state index in [-0.39, 0.29) is 6.61 Å². The van der Waals surface area contributed by atoms with Crippen molar-refractivity contribution in [3.05, 3.63) is 53.8 Å². The van der Waals surface area contributed by atoms with Gasteiger partial charge in [-0.05, 0) is 24.1 Å². The summed E-state index contributed by atoms with van der Waals surface area (Å²) >= 11 is 0. The molecule has 0 unspecified atom stereocenters. The minimum absolute atomic E-state index is 0.261. The van der Waals surface area contributed by atoms with Gasteiger partial charge in [0.15, 0.2) is 0 Å². The van der Waals surface area contributed by atoms with E-state index in [0.717, 1.165) is 5.56 Å². The molecule has 0 atom stereocenters. The van der Waals surface area contributed by atoms with Crippen molar-refractivity contribution < 1.29 is 4.74 Å². The van der Waals surface area contributed by atoms with Gasteiger partial charge in [0.05, 0.1) is 0 Å². The molecule has 0 aromatic heterocycles. The van der Waals surface area contributed by atoms with Crippen molar-refractivity contribution in [2.75, 3.05) is 6.61 Å². The van der Waals surface area contributed by atoms with Crippen LogP contribution in [0.25, 0.3) is 6.08 Å². The molecule has 15 heavy (non-hydrogen) atoms. The Labute approximate surface area is 91.1 Å². The number of terminal acetylenes is 1. The summed E-state index contributed by atoms with van der Waals surface area (Å²) in [6, 6.07) is 8.11. The summed E-state index contributed by atoms with van der Waals surface area (Å²) in [6.07, 6.45) is 8.85. The number of allylic oxidation sites excluding steroid dienone is 1. The molecular weight excluding hydrogens is 184 g/mol. The van der Waals surface area contributed by atoms with Crippen LogP contribution in [0.5, 0.6) is 0 Å². The third-order valence-corrected chi connectivity index (χ3v) is 1.98. The highest BCUT2D eigenvalue weighted by molar-refractivity contribution is 5.55. The Hall–Kier alpha value is -1.94. The molecule has 1 aromatic rings. The van der Waals surface area contributed by atoms with Gasteiger partial charge in [0.2, 0.25) is 0 Å². The highest BCUT2D eigenvalue weighted by atomic mass is 16.5. The second kappa shape index (κ2) is 5.72. The van der Waals surface area contributed by atoms with E-state index in [1.54, 1.807) is 0 Å². The maximum absolute atomic E-state index is 5.14. The molecule has 0 N–H and O–H groups in total. The normalized spacial score (nSPS) is 9.87. The third kappa shape index (κ3) is 3.74. The summed E-state index contributed by atoms with van der Waals surface area (Å²) in [5.74, 6) is 2.97. The molecule has 0 bridgehead atoms. The monoisotopic (exact) mass is 198 g/mol. The van der Waals surface area contributed by atoms with Crippen molar-refractivity contribution in [1.82, 2.24) is 0 Å². The van der Waals surface area contributed by atoms with Crippen LogP contribution in [0.3, 0.4) is 0 Å². The smallest absolute Gasteiger partial charge is 0.148 e. The van der Waals surface area contributed by atoms with E-state index in [9.17, 15) is 0 Å². The standard InChI is InChI=1S/C14H14O/c1-4-11-15-13(3)9-10-14-8-6-5-7-12(14)2/h1,5-10H,3,11H2,2H3/b10-9-. The van der Waals surface area contributed by atoms with Gasteiger partial charge in [-0.2, -0.15) is 0 Å². The number of aryl methyl sites for hydroxylation is 1. The maximum atomic E-state index is 5.14. The lowest BCUT2D eigenvalue weighted by Crippen LogP contribution is -1.87. The van der Waals surface area contributed by atoms with E-state index in [1.165, 1.54) is 5.56 Å². The molecule has 1 rings (SSSR count). The van der Waals surface area contributed by atoms with E-state index >= 15 is 0 Å². The van der Waals surface area contributed by atoms with Crippen molar-refractivity contribution in [3.63, 3.8) is 0 Å². The number of hydrogen-bond donors (Lipinski definition) is 0. The summed E-state index contributed by atoms with van der Waals surface area (Å²) in [4.78, 5) is 0. The van der Waals surface area contributed by atoms with E-state index < -0.39 is 0 Å². The molecule has 1 aromatic carbocycles. The van der Waals surface area contributed by atoms with Gasteiger partial charge in [0, 0.05) is 0 Å². The Bertz CT molecular complexity index is 408. The fraction of sp³-hybridized carbons (Fsp3) is 0.143. The van der Waals surface area contributed by atoms with Crippen molar-refractivity contribution in [2.45, 2.75) is 6.92 Å². The topological polar surface area (TPSA) is 9.23 Å². The van der Waals surface area contributed by atoms with Gasteiger partial charge < -0.3 is 4.74 Å².